The largest absolute Gasteiger partial charge is 0.481 e. The van der Waals surface area contributed by atoms with Crippen molar-refractivity contribution >= 4 is 35.1 Å². The third kappa shape index (κ3) is 5.71. The maximum Gasteiger partial charge on any atom is 0.304 e. The van der Waals surface area contributed by atoms with Gasteiger partial charge in [-0.2, -0.15) is 0 Å². The van der Waals surface area contributed by atoms with Gasteiger partial charge in [-0.15, -0.1) is 0 Å². The van der Waals surface area contributed by atoms with Crippen LogP contribution in [0.15, 0.2) is 59.1 Å². The Hall–Kier alpha value is -2.83. The minimum atomic E-state index is -0.982. The number of carboxylic acids is 1. The van der Waals surface area contributed by atoms with Crippen LogP contribution in [0, 0.1) is 12.8 Å². The summed E-state index contributed by atoms with van der Waals surface area (Å²) in [5.41, 5.74) is 2.30. The summed E-state index contributed by atoms with van der Waals surface area (Å²) in [4.78, 5) is 24.2. The van der Waals surface area contributed by atoms with Crippen LogP contribution in [0.5, 0.6) is 0 Å². The summed E-state index contributed by atoms with van der Waals surface area (Å²) in [5.74, 6) is -1.12. The van der Waals surface area contributed by atoms with Crippen LogP contribution in [0.3, 0.4) is 0 Å². The first-order valence-corrected chi connectivity index (χ1v) is 12.4. The zero-order chi connectivity index (χ0) is 25.2. The number of aliphatic carboxylic acids is 1. The molecule has 35 heavy (non-hydrogen) atoms. The fraction of sp³-hybridized carbons (Fsp3) is 0.370. The van der Waals surface area contributed by atoms with Gasteiger partial charge in [0.25, 0.3) is 0 Å². The molecule has 1 saturated heterocycles. The second-order valence-electron chi connectivity index (χ2n) is 9.52. The van der Waals surface area contributed by atoms with E-state index in [1.54, 1.807) is 6.07 Å². The molecule has 0 spiro atoms. The smallest absolute Gasteiger partial charge is 0.304 e. The van der Waals surface area contributed by atoms with E-state index in [0.717, 1.165) is 22.6 Å². The molecule has 4 rings (SSSR count). The van der Waals surface area contributed by atoms with Crippen LogP contribution in [0.2, 0.25) is 10.0 Å². The van der Waals surface area contributed by atoms with Gasteiger partial charge < -0.3 is 14.9 Å². The van der Waals surface area contributed by atoms with Crippen LogP contribution in [-0.2, 0) is 15.0 Å². The molecule has 1 aliphatic heterocycles. The Balaban J connectivity index is 1.65. The Labute approximate surface area is 214 Å². The zero-order valence-corrected chi connectivity index (χ0v) is 21.1. The lowest BCUT2D eigenvalue weighted by Crippen LogP contribution is -2.49. The van der Waals surface area contributed by atoms with Gasteiger partial charge in [0.05, 0.1) is 17.5 Å². The molecule has 0 saturated carbocycles. The summed E-state index contributed by atoms with van der Waals surface area (Å²) in [6.07, 6.45) is 1.55. The number of hydrogen-bond acceptors (Lipinski definition) is 4. The van der Waals surface area contributed by atoms with Crippen molar-refractivity contribution in [3.05, 3.63) is 87.2 Å². The number of carboxylic acid groups (broad SMARTS) is 1. The lowest BCUT2D eigenvalue weighted by Gasteiger charge is -2.38. The molecular weight excluding hydrogens is 487 g/mol. The van der Waals surface area contributed by atoms with Crippen LogP contribution in [0.4, 0.5) is 0 Å². The highest BCUT2D eigenvalue weighted by Crippen LogP contribution is 2.41. The van der Waals surface area contributed by atoms with Crippen molar-refractivity contribution in [2.75, 3.05) is 0 Å². The molecular formula is C27H28Cl2N2O4. The van der Waals surface area contributed by atoms with Crippen LogP contribution < -0.4 is 5.32 Å². The number of aromatic nitrogens is 1. The minimum absolute atomic E-state index is 0.0679. The normalized spacial score (nSPS) is 21.8. The number of nitrogens with zero attached hydrogens (tertiary/aromatic N) is 1. The summed E-state index contributed by atoms with van der Waals surface area (Å²) in [7, 11) is 0. The number of benzene rings is 2. The van der Waals surface area contributed by atoms with E-state index in [1.807, 2.05) is 55.5 Å². The van der Waals surface area contributed by atoms with E-state index in [0.29, 0.717) is 29.3 Å². The van der Waals surface area contributed by atoms with Gasteiger partial charge in [-0.3, -0.25) is 9.59 Å². The molecule has 0 bridgehead atoms. The average Bonchev–Trinajstić information content (AvgIpc) is 3.26. The molecule has 4 atom stereocenters. The molecule has 2 N–H and O–H groups in total. The number of aryl methyl sites for hydroxylation is 1. The maximum absolute atomic E-state index is 12.8. The second-order valence-corrected chi connectivity index (χ2v) is 10.4. The predicted octanol–water partition coefficient (Wildman–Crippen LogP) is 6.14. The van der Waals surface area contributed by atoms with Gasteiger partial charge >= 0.3 is 5.97 Å². The van der Waals surface area contributed by atoms with Crippen molar-refractivity contribution in [2.45, 2.75) is 56.9 Å². The van der Waals surface area contributed by atoms with Crippen LogP contribution in [0.1, 0.15) is 61.1 Å². The van der Waals surface area contributed by atoms with E-state index >= 15 is 0 Å². The number of nitrogens with one attached hydrogen (secondary N) is 1. The molecule has 2 heterocycles. The Morgan fingerprint density at radius 2 is 1.91 bits per heavy atom. The van der Waals surface area contributed by atoms with Crippen molar-refractivity contribution < 1.29 is 19.2 Å². The lowest BCUT2D eigenvalue weighted by atomic mass is 9.72. The number of rotatable bonds is 8. The molecule has 0 aliphatic carbocycles. The first kappa shape index (κ1) is 25.3. The highest BCUT2D eigenvalue weighted by Gasteiger charge is 2.40. The van der Waals surface area contributed by atoms with Gasteiger partial charge in [-0.25, -0.2) is 0 Å². The Bertz CT molecular complexity index is 1210. The molecule has 8 heteroatoms. The van der Waals surface area contributed by atoms with Gasteiger partial charge in [0.2, 0.25) is 5.91 Å². The van der Waals surface area contributed by atoms with E-state index in [9.17, 15) is 14.7 Å². The molecule has 3 aromatic rings. The van der Waals surface area contributed by atoms with Gasteiger partial charge in [0.1, 0.15) is 5.76 Å². The van der Waals surface area contributed by atoms with Crippen molar-refractivity contribution in [3.8, 4) is 0 Å². The summed E-state index contributed by atoms with van der Waals surface area (Å²) < 4.78 is 5.71. The van der Waals surface area contributed by atoms with Crippen molar-refractivity contribution in [1.29, 1.82) is 0 Å². The van der Waals surface area contributed by atoms with E-state index in [1.165, 1.54) is 0 Å². The highest BCUT2D eigenvalue weighted by molar-refractivity contribution is 6.30. The quantitative estimate of drug-likeness (QED) is 0.376. The van der Waals surface area contributed by atoms with E-state index < -0.39 is 17.3 Å². The Morgan fingerprint density at radius 1 is 1.17 bits per heavy atom. The van der Waals surface area contributed by atoms with Crippen LogP contribution >= 0.6 is 23.2 Å². The van der Waals surface area contributed by atoms with Gasteiger partial charge in [0, 0.05) is 34.0 Å². The standard InChI is InChI=1S/C27H28Cl2N2O4/c1-16-12-24(35-31-16)27(2,19-6-8-20(28)9-7-19)11-10-23-22(17-4-3-5-21(29)13-17)14-18(15-25(32)33)26(34)30-23/h3-9,12-13,18,22-23H,10-11,14-15H2,1-2H3,(H,30,34)(H,32,33). The number of hydrogen-bond donors (Lipinski definition) is 2. The lowest BCUT2D eigenvalue weighted by molar-refractivity contribution is -0.142. The Kier molecular flexibility index (Phi) is 7.53. The predicted molar refractivity (Wildman–Crippen MR) is 135 cm³/mol. The number of halogens is 2. The molecule has 1 amide bonds. The third-order valence-electron chi connectivity index (χ3n) is 7.03. The molecule has 1 aromatic heterocycles. The van der Waals surface area contributed by atoms with Gasteiger partial charge in [-0.05, 0) is 68.5 Å². The van der Waals surface area contributed by atoms with E-state index in [-0.39, 0.29) is 24.3 Å². The first-order chi connectivity index (χ1) is 16.7. The third-order valence-corrected chi connectivity index (χ3v) is 7.52. The monoisotopic (exact) mass is 514 g/mol. The average molecular weight is 515 g/mol. The fourth-order valence-corrected chi connectivity index (χ4v) is 5.36. The Morgan fingerprint density at radius 3 is 2.54 bits per heavy atom. The van der Waals surface area contributed by atoms with Crippen LogP contribution in [-0.4, -0.2) is 28.2 Å². The number of carbonyl (C=O) groups excluding carboxylic acids is 1. The summed E-state index contributed by atoms with van der Waals surface area (Å²) in [5, 5.41) is 17.8. The molecule has 0 radical (unpaired) electrons. The second kappa shape index (κ2) is 10.4. The maximum atomic E-state index is 12.8. The summed E-state index contributed by atoms with van der Waals surface area (Å²) in [6, 6.07) is 17.0. The fourth-order valence-electron chi connectivity index (χ4n) is 5.04. The molecule has 2 aromatic carbocycles. The van der Waals surface area contributed by atoms with Crippen molar-refractivity contribution in [1.82, 2.24) is 10.5 Å². The molecule has 6 nitrogen and oxygen atoms in total. The number of piperidine rings is 1. The van der Waals surface area contributed by atoms with Crippen LogP contribution in [0.25, 0.3) is 0 Å². The van der Waals surface area contributed by atoms with Gasteiger partial charge in [-0.1, -0.05) is 52.6 Å². The van der Waals surface area contributed by atoms with E-state index in [4.69, 9.17) is 27.7 Å². The highest BCUT2D eigenvalue weighted by atomic mass is 35.5. The number of carbonyl (C=O) groups is 2. The SMILES string of the molecule is Cc1cc(C(C)(CCC2NC(=O)C(CC(=O)O)CC2c2cccc(Cl)c2)c2ccc(Cl)cc2)on1. The molecule has 4 unspecified atom stereocenters. The molecule has 184 valence electrons. The first-order valence-electron chi connectivity index (χ1n) is 11.6. The zero-order valence-electron chi connectivity index (χ0n) is 19.6. The molecule has 1 aliphatic rings. The van der Waals surface area contributed by atoms with Gasteiger partial charge in [0.15, 0.2) is 0 Å². The molecule has 1 fully saturated rings. The van der Waals surface area contributed by atoms with Crippen molar-refractivity contribution in [3.63, 3.8) is 0 Å². The summed E-state index contributed by atoms with van der Waals surface area (Å²) in [6.45, 7) is 3.98. The van der Waals surface area contributed by atoms with E-state index in [2.05, 4.69) is 17.4 Å². The van der Waals surface area contributed by atoms with Crippen molar-refractivity contribution in [2.24, 2.45) is 5.92 Å². The number of amides is 1. The minimum Gasteiger partial charge on any atom is -0.481 e. The summed E-state index contributed by atoms with van der Waals surface area (Å²) >= 11 is 12.4. The topological polar surface area (TPSA) is 92.4 Å².